The van der Waals surface area contributed by atoms with Gasteiger partial charge in [0.05, 0.1) is 22.7 Å². The van der Waals surface area contributed by atoms with Crippen LogP contribution < -0.4 is 0 Å². The summed E-state index contributed by atoms with van der Waals surface area (Å²) in [5.74, 6) is -0.0747. The predicted molar refractivity (Wildman–Crippen MR) is 94.1 cm³/mol. The van der Waals surface area contributed by atoms with Gasteiger partial charge >= 0.3 is 0 Å². The van der Waals surface area contributed by atoms with Crippen LogP contribution in [0.25, 0.3) is 0 Å². The molecule has 5 atom stereocenters. The van der Waals surface area contributed by atoms with Gasteiger partial charge in [-0.2, -0.15) is 0 Å². The van der Waals surface area contributed by atoms with Crippen LogP contribution >= 0.6 is 22.6 Å². The third kappa shape index (κ3) is 4.89. The van der Waals surface area contributed by atoms with E-state index in [1.165, 1.54) is 0 Å². The molecule has 0 spiro atoms. The van der Waals surface area contributed by atoms with E-state index in [1.807, 2.05) is 18.2 Å². The highest BCUT2D eigenvalue weighted by molar-refractivity contribution is 14.1. The van der Waals surface area contributed by atoms with Gasteiger partial charge < -0.3 is 19.7 Å². The van der Waals surface area contributed by atoms with E-state index in [4.69, 9.17) is 9.47 Å². The van der Waals surface area contributed by atoms with Crippen molar-refractivity contribution in [3.8, 4) is 0 Å². The van der Waals surface area contributed by atoms with E-state index in [0.717, 1.165) is 24.8 Å². The average molecular weight is 420 g/mol. The Morgan fingerprint density at radius 3 is 2.64 bits per heavy atom. The van der Waals surface area contributed by atoms with Crippen molar-refractivity contribution in [3.63, 3.8) is 0 Å². The summed E-state index contributed by atoms with van der Waals surface area (Å²) >= 11 is 2.06. The smallest absolute Gasteiger partial charge is 0.169 e. The first kappa shape index (κ1) is 18.1. The van der Waals surface area contributed by atoms with E-state index in [9.17, 15) is 10.2 Å². The standard InChI is InChI=1S/C17H25IO4/c1-2-3-9-21-11-14-13(10-12-7-5-4-6-8-12)16(19)15(18)17(20)22-14/h4-8,13-17,19-20H,2-3,9-11H2,1H3/t13-,14+,15?,16?,17+/m1/s1. The van der Waals surface area contributed by atoms with Crippen molar-refractivity contribution in [1.29, 1.82) is 0 Å². The highest BCUT2D eigenvalue weighted by Gasteiger charge is 2.43. The molecule has 4 nitrogen and oxygen atoms in total. The minimum absolute atomic E-state index is 0.0747. The fourth-order valence-corrected chi connectivity index (χ4v) is 3.43. The van der Waals surface area contributed by atoms with Crippen molar-refractivity contribution < 1.29 is 19.7 Å². The van der Waals surface area contributed by atoms with Crippen LogP contribution in [-0.2, 0) is 15.9 Å². The van der Waals surface area contributed by atoms with Crippen LogP contribution in [0, 0.1) is 5.92 Å². The molecule has 1 aliphatic heterocycles. The van der Waals surface area contributed by atoms with Crippen molar-refractivity contribution >= 4 is 22.6 Å². The summed E-state index contributed by atoms with van der Waals surface area (Å²) in [5, 5.41) is 20.5. The fourth-order valence-electron chi connectivity index (χ4n) is 2.73. The third-order valence-corrected chi connectivity index (χ3v) is 5.42. The lowest BCUT2D eigenvalue weighted by molar-refractivity contribution is -0.218. The summed E-state index contributed by atoms with van der Waals surface area (Å²) < 4.78 is 11.0. The molecule has 1 aliphatic rings. The Hall–Kier alpha value is -0.210. The van der Waals surface area contributed by atoms with Gasteiger partial charge in [-0.3, -0.25) is 0 Å². The number of benzene rings is 1. The normalized spacial score (nSPS) is 32.1. The molecule has 0 amide bonds. The van der Waals surface area contributed by atoms with Gasteiger partial charge in [0.2, 0.25) is 0 Å². The summed E-state index contributed by atoms with van der Waals surface area (Å²) in [5.41, 5.74) is 1.16. The molecule has 2 unspecified atom stereocenters. The zero-order chi connectivity index (χ0) is 15.9. The Labute approximate surface area is 146 Å². The second kappa shape index (κ2) is 9.17. The van der Waals surface area contributed by atoms with E-state index in [2.05, 4.69) is 41.6 Å². The Morgan fingerprint density at radius 2 is 1.95 bits per heavy atom. The maximum absolute atomic E-state index is 10.5. The van der Waals surface area contributed by atoms with Crippen molar-refractivity contribution in [3.05, 3.63) is 35.9 Å². The van der Waals surface area contributed by atoms with Gasteiger partial charge in [0, 0.05) is 12.5 Å². The summed E-state index contributed by atoms with van der Waals surface area (Å²) in [4.78, 5) is 0. The van der Waals surface area contributed by atoms with Crippen LogP contribution in [0.3, 0.4) is 0 Å². The molecule has 0 radical (unpaired) electrons. The van der Waals surface area contributed by atoms with E-state index < -0.39 is 12.4 Å². The van der Waals surface area contributed by atoms with Crippen molar-refractivity contribution in [2.45, 2.75) is 48.6 Å². The molecule has 1 aromatic carbocycles. The average Bonchev–Trinajstić information content (AvgIpc) is 2.54. The number of unbranched alkanes of at least 4 members (excludes halogenated alkanes) is 1. The molecular formula is C17H25IO4. The second-order valence-corrected chi connectivity index (χ2v) is 7.22. The van der Waals surface area contributed by atoms with Gasteiger partial charge in [0.25, 0.3) is 0 Å². The van der Waals surface area contributed by atoms with E-state index in [1.54, 1.807) is 0 Å². The van der Waals surface area contributed by atoms with E-state index in [-0.39, 0.29) is 15.9 Å². The lowest BCUT2D eigenvalue weighted by Crippen LogP contribution is -2.54. The lowest BCUT2D eigenvalue weighted by Gasteiger charge is -2.41. The lowest BCUT2D eigenvalue weighted by atomic mass is 9.85. The molecule has 2 rings (SSSR count). The number of hydrogen-bond acceptors (Lipinski definition) is 4. The summed E-state index contributed by atoms with van der Waals surface area (Å²) in [6.45, 7) is 3.22. The maximum Gasteiger partial charge on any atom is 0.169 e. The summed E-state index contributed by atoms with van der Waals surface area (Å²) in [6, 6.07) is 10.1. The molecule has 0 bridgehead atoms. The Kier molecular flexibility index (Phi) is 7.56. The molecule has 1 fully saturated rings. The number of aliphatic hydroxyl groups excluding tert-OH is 2. The van der Waals surface area contributed by atoms with Crippen LogP contribution in [0.15, 0.2) is 30.3 Å². The monoisotopic (exact) mass is 420 g/mol. The second-order valence-electron chi connectivity index (χ2n) is 5.78. The molecule has 2 N–H and O–H groups in total. The van der Waals surface area contributed by atoms with Crippen LogP contribution in [0.5, 0.6) is 0 Å². The first-order valence-corrected chi connectivity index (χ1v) is 9.15. The molecule has 0 aliphatic carbocycles. The van der Waals surface area contributed by atoms with Gasteiger partial charge in [-0.25, -0.2) is 0 Å². The molecule has 124 valence electrons. The summed E-state index contributed by atoms with van der Waals surface area (Å²) in [7, 11) is 0. The molecular weight excluding hydrogens is 395 g/mol. The third-order valence-electron chi connectivity index (χ3n) is 4.07. The predicted octanol–water partition coefficient (Wildman–Crippen LogP) is 2.54. The molecule has 5 heteroatoms. The van der Waals surface area contributed by atoms with Crippen LogP contribution in [0.4, 0.5) is 0 Å². The van der Waals surface area contributed by atoms with Crippen LogP contribution in [-0.4, -0.2) is 45.8 Å². The largest absolute Gasteiger partial charge is 0.391 e. The number of hydrogen-bond donors (Lipinski definition) is 2. The molecule has 1 aromatic rings. The maximum atomic E-state index is 10.5. The van der Waals surface area contributed by atoms with Crippen LogP contribution in [0.2, 0.25) is 0 Å². The van der Waals surface area contributed by atoms with E-state index >= 15 is 0 Å². The van der Waals surface area contributed by atoms with E-state index in [0.29, 0.717) is 13.2 Å². The molecule has 1 saturated heterocycles. The minimum atomic E-state index is -0.942. The SMILES string of the molecule is CCCCOC[C@@H]1O[C@H](O)C(I)C(O)[C@@H]1Cc1ccccc1. The molecule has 0 aromatic heterocycles. The number of ether oxygens (including phenoxy) is 2. The first-order valence-electron chi connectivity index (χ1n) is 7.90. The Balaban J connectivity index is 2.02. The fraction of sp³-hybridized carbons (Fsp3) is 0.647. The zero-order valence-electron chi connectivity index (χ0n) is 12.9. The zero-order valence-corrected chi connectivity index (χ0v) is 15.1. The van der Waals surface area contributed by atoms with Gasteiger partial charge in [0.15, 0.2) is 6.29 Å². The number of halogens is 1. The molecule has 1 heterocycles. The first-order chi connectivity index (χ1) is 10.6. The van der Waals surface area contributed by atoms with Gasteiger partial charge in [0.1, 0.15) is 0 Å². The summed E-state index contributed by atoms with van der Waals surface area (Å²) in [6.07, 6.45) is 0.978. The quantitative estimate of drug-likeness (QED) is 0.405. The highest BCUT2D eigenvalue weighted by Crippen LogP contribution is 2.32. The number of alkyl halides is 1. The van der Waals surface area contributed by atoms with Crippen molar-refractivity contribution in [2.24, 2.45) is 5.92 Å². The van der Waals surface area contributed by atoms with Gasteiger partial charge in [-0.05, 0) is 18.4 Å². The van der Waals surface area contributed by atoms with Crippen molar-refractivity contribution in [1.82, 2.24) is 0 Å². The highest BCUT2D eigenvalue weighted by atomic mass is 127. The number of aliphatic hydroxyl groups is 2. The number of rotatable bonds is 7. The minimum Gasteiger partial charge on any atom is -0.391 e. The Morgan fingerprint density at radius 1 is 1.23 bits per heavy atom. The van der Waals surface area contributed by atoms with Crippen molar-refractivity contribution in [2.75, 3.05) is 13.2 Å². The van der Waals surface area contributed by atoms with Crippen LogP contribution in [0.1, 0.15) is 25.3 Å². The molecule has 22 heavy (non-hydrogen) atoms. The van der Waals surface area contributed by atoms with Gasteiger partial charge in [-0.1, -0.05) is 66.3 Å². The Bertz CT molecular complexity index is 428. The molecule has 0 saturated carbocycles. The van der Waals surface area contributed by atoms with Gasteiger partial charge in [-0.15, -0.1) is 0 Å². The topological polar surface area (TPSA) is 58.9 Å².